The van der Waals surface area contributed by atoms with E-state index in [-0.39, 0.29) is 43.3 Å². The number of amides is 1. The largest absolute Gasteiger partial charge is 0.539 e. The Balaban J connectivity index is 2.02. The molecule has 3 aromatic rings. The zero-order valence-corrected chi connectivity index (χ0v) is 18.8. The Morgan fingerprint density at radius 2 is 2.03 bits per heavy atom. The van der Waals surface area contributed by atoms with Gasteiger partial charge in [0, 0.05) is 0 Å². The number of aromatic nitrogens is 3. The third-order valence-corrected chi connectivity index (χ3v) is 6.19. The highest BCUT2D eigenvalue weighted by molar-refractivity contribution is 8.00. The van der Waals surface area contributed by atoms with Crippen molar-refractivity contribution in [2.75, 3.05) is 11.1 Å². The number of hydrogen-bond donors (Lipinski definition) is 2. The second-order valence-corrected chi connectivity index (χ2v) is 8.45. The summed E-state index contributed by atoms with van der Waals surface area (Å²) in [6.07, 6.45) is 0. The van der Waals surface area contributed by atoms with E-state index in [1.54, 1.807) is 25.1 Å². The zero-order chi connectivity index (χ0) is 23.6. The number of benzene rings is 1. The second kappa shape index (κ2) is 9.32. The average Bonchev–Trinajstić information content (AvgIpc) is 3.08. The summed E-state index contributed by atoms with van der Waals surface area (Å²) in [4.78, 5) is 16.8. The van der Waals surface area contributed by atoms with Gasteiger partial charge in [-0.2, -0.15) is 10.5 Å². The van der Waals surface area contributed by atoms with Crippen molar-refractivity contribution in [1.82, 2.24) is 10.3 Å². The molecule has 0 aliphatic heterocycles. The molecule has 2 aromatic heterocycles. The van der Waals surface area contributed by atoms with Crippen molar-refractivity contribution in [3.63, 3.8) is 0 Å². The standard InChI is InChI=1S/C19H13Cl2N7O3S/c1-8(17(29)25-12-5-3-4-11(20)14(12)21)32-18-10(7-23)13(9(6-22)16(24)26-18)15-19(30)31-27-28(15)2/h3-5,8H,1-2H3,(H3-,24,25,26,27,29,30). The van der Waals surface area contributed by atoms with E-state index in [4.69, 9.17) is 28.9 Å². The van der Waals surface area contributed by atoms with Crippen LogP contribution in [0.5, 0.6) is 5.95 Å². The van der Waals surface area contributed by atoms with Crippen LogP contribution in [0.25, 0.3) is 11.3 Å². The maximum absolute atomic E-state index is 12.7. The molecule has 1 unspecified atom stereocenters. The fraction of sp³-hybridized carbons (Fsp3) is 0.158. The topological polar surface area (TPSA) is 169 Å². The Labute approximate surface area is 196 Å². The maximum Gasteiger partial charge on any atom is 0.266 e. The van der Waals surface area contributed by atoms with Gasteiger partial charge in [-0.25, -0.2) is 4.98 Å². The van der Waals surface area contributed by atoms with Crippen LogP contribution < -0.4 is 20.8 Å². The van der Waals surface area contributed by atoms with Gasteiger partial charge in [-0.3, -0.25) is 4.79 Å². The van der Waals surface area contributed by atoms with Crippen LogP contribution in [0.4, 0.5) is 11.5 Å². The van der Waals surface area contributed by atoms with E-state index >= 15 is 0 Å². The minimum atomic E-state index is -0.858. The predicted octanol–water partition coefficient (Wildman–Crippen LogP) is 2.39. The molecule has 0 saturated heterocycles. The van der Waals surface area contributed by atoms with Crippen molar-refractivity contribution in [2.24, 2.45) is 7.05 Å². The molecule has 1 aromatic carbocycles. The van der Waals surface area contributed by atoms with Crippen molar-refractivity contribution in [1.29, 1.82) is 10.5 Å². The van der Waals surface area contributed by atoms with Crippen LogP contribution >= 0.6 is 35.0 Å². The first kappa shape index (κ1) is 23.2. The van der Waals surface area contributed by atoms with Gasteiger partial charge in [-0.05, 0) is 19.1 Å². The molecule has 3 N–H and O–H groups in total. The summed E-state index contributed by atoms with van der Waals surface area (Å²) in [6.45, 7) is 1.58. The number of aryl methyl sites for hydroxylation is 1. The van der Waals surface area contributed by atoms with Gasteiger partial charge >= 0.3 is 0 Å². The van der Waals surface area contributed by atoms with Gasteiger partial charge < -0.3 is 20.7 Å². The number of anilines is 2. The molecule has 0 bridgehead atoms. The minimum absolute atomic E-state index is 0.0550. The molecule has 0 aliphatic carbocycles. The molecule has 0 fully saturated rings. The normalized spacial score (nSPS) is 11.4. The molecule has 0 aliphatic rings. The van der Waals surface area contributed by atoms with Crippen molar-refractivity contribution in [3.8, 4) is 29.3 Å². The molecular weight excluding hydrogens is 477 g/mol. The van der Waals surface area contributed by atoms with Crippen LogP contribution in [0.1, 0.15) is 18.1 Å². The lowest BCUT2D eigenvalue weighted by molar-refractivity contribution is -0.730. The van der Waals surface area contributed by atoms with Crippen LogP contribution in [0.2, 0.25) is 10.0 Å². The summed E-state index contributed by atoms with van der Waals surface area (Å²) >= 11 is 13.0. The van der Waals surface area contributed by atoms with Crippen LogP contribution in [0, 0.1) is 22.7 Å². The van der Waals surface area contributed by atoms with E-state index in [0.29, 0.717) is 5.69 Å². The molecule has 2 heterocycles. The van der Waals surface area contributed by atoms with Crippen LogP contribution in [0.15, 0.2) is 27.7 Å². The molecular formula is C19H13Cl2N7O3S. The van der Waals surface area contributed by atoms with Gasteiger partial charge in [0.1, 0.15) is 28.5 Å². The highest BCUT2D eigenvalue weighted by Crippen LogP contribution is 2.38. The highest BCUT2D eigenvalue weighted by atomic mass is 35.5. The number of nitrogens with two attached hydrogens (primary N) is 1. The Bertz CT molecular complexity index is 1290. The van der Waals surface area contributed by atoms with Gasteiger partial charge in [0.15, 0.2) is 13.0 Å². The third-order valence-electron chi connectivity index (χ3n) is 4.28. The van der Waals surface area contributed by atoms with Crippen molar-refractivity contribution in [2.45, 2.75) is 17.2 Å². The minimum Gasteiger partial charge on any atom is -0.539 e. The lowest BCUT2D eigenvalue weighted by Crippen LogP contribution is -2.32. The number of nitriles is 2. The molecule has 0 spiro atoms. The highest BCUT2D eigenvalue weighted by Gasteiger charge is 2.30. The summed E-state index contributed by atoms with van der Waals surface area (Å²) < 4.78 is 5.71. The smallest absolute Gasteiger partial charge is 0.266 e. The van der Waals surface area contributed by atoms with E-state index in [1.165, 1.54) is 7.05 Å². The maximum atomic E-state index is 12.7. The molecule has 162 valence electrons. The number of nitrogen functional groups attached to an aromatic ring is 1. The first-order valence-electron chi connectivity index (χ1n) is 8.78. The Morgan fingerprint density at radius 3 is 2.62 bits per heavy atom. The van der Waals surface area contributed by atoms with Crippen molar-refractivity contribution >= 4 is 52.4 Å². The fourth-order valence-electron chi connectivity index (χ4n) is 2.75. The number of carbonyl (C=O) groups is 1. The third kappa shape index (κ3) is 4.27. The number of pyridine rings is 1. The molecule has 13 heteroatoms. The summed E-state index contributed by atoms with van der Waals surface area (Å²) in [5.41, 5.74) is 5.74. The molecule has 1 amide bonds. The monoisotopic (exact) mass is 489 g/mol. The number of halogens is 2. The number of carbonyl (C=O) groups excluding carboxylic acids is 1. The Hall–Kier alpha value is -3.51. The molecule has 32 heavy (non-hydrogen) atoms. The Kier molecular flexibility index (Phi) is 6.75. The quantitative estimate of drug-likeness (QED) is 0.403. The van der Waals surface area contributed by atoms with E-state index < -0.39 is 17.1 Å². The number of nitrogens with one attached hydrogen (secondary N) is 1. The van der Waals surface area contributed by atoms with E-state index in [0.717, 1.165) is 16.4 Å². The number of rotatable bonds is 5. The second-order valence-electron chi connectivity index (χ2n) is 6.33. The average molecular weight is 490 g/mol. The predicted molar refractivity (Wildman–Crippen MR) is 115 cm³/mol. The van der Waals surface area contributed by atoms with Gasteiger partial charge in [0.2, 0.25) is 5.91 Å². The van der Waals surface area contributed by atoms with E-state index in [9.17, 15) is 20.4 Å². The summed E-state index contributed by atoms with van der Waals surface area (Å²) in [6, 6.07) is 8.58. The molecule has 10 nitrogen and oxygen atoms in total. The molecule has 0 radical (unpaired) electrons. The van der Waals surface area contributed by atoms with Gasteiger partial charge in [0.25, 0.3) is 5.69 Å². The van der Waals surface area contributed by atoms with E-state index in [2.05, 4.69) is 20.1 Å². The van der Waals surface area contributed by atoms with Crippen LogP contribution in [-0.4, -0.2) is 21.4 Å². The lowest BCUT2D eigenvalue weighted by Gasteiger charge is -2.15. The zero-order valence-electron chi connectivity index (χ0n) is 16.5. The first-order chi connectivity index (χ1) is 15.2. The van der Waals surface area contributed by atoms with Gasteiger partial charge in [0.05, 0.1) is 37.4 Å². The van der Waals surface area contributed by atoms with Crippen molar-refractivity contribution in [3.05, 3.63) is 39.4 Å². The number of hydrogen-bond acceptors (Lipinski definition) is 9. The summed E-state index contributed by atoms with van der Waals surface area (Å²) in [7, 11) is 1.41. The molecule has 1 atom stereocenters. The van der Waals surface area contributed by atoms with E-state index in [1.807, 2.05) is 12.1 Å². The summed E-state index contributed by atoms with van der Waals surface area (Å²) in [5, 5.41) is 37.4. The van der Waals surface area contributed by atoms with Gasteiger partial charge in [-0.15, -0.1) is 0 Å². The summed E-state index contributed by atoms with van der Waals surface area (Å²) in [5.74, 6) is -1.52. The number of nitrogens with zero attached hydrogens (tertiary/aromatic N) is 5. The van der Waals surface area contributed by atoms with Crippen LogP contribution in [-0.2, 0) is 11.8 Å². The molecule has 3 rings (SSSR count). The van der Waals surface area contributed by atoms with Crippen LogP contribution in [0.3, 0.4) is 0 Å². The molecule has 0 saturated carbocycles. The van der Waals surface area contributed by atoms with Crippen molar-refractivity contribution < 1.29 is 19.1 Å². The SMILES string of the molecule is CC(Sc1nc(N)c(C#N)c(-c2c([O-])on[n+]2C)c1C#N)C(=O)Nc1cccc(Cl)c1Cl. The van der Waals surface area contributed by atoms with Gasteiger partial charge in [-0.1, -0.05) is 45.7 Å². The fourth-order valence-corrected chi connectivity index (χ4v) is 4.02. The lowest BCUT2D eigenvalue weighted by atomic mass is 10.0. The Morgan fingerprint density at radius 1 is 1.34 bits per heavy atom. The first-order valence-corrected chi connectivity index (χ1v) is 10.4. The number of thioether (sulfide) groups is 1.